The molecule has 4 heteroatoms. The first-order chi connectivity index (χ1) is 11.7. The topological polar surface area (TPSA) is 47.9 Å². The molecular weight excluding hydrogens is 314 g/mol. The molecule has 0 bridgehead atoms. The van der Waals surface area contributed by atoms with E-state index in [1.807, 2.05) is 30.3 Å². The minimum Gasteiger partial charge on any atom is -0.353 e. The summed E-state index contributed by atoms with van der Waals surface area (Å²) in [5.41, 5.74) is 3.19. The highest BCUT2D eigenvalue weighted by molar-refractivity contribution is 7.80. The molecule has 1 fully saturated rings. The number of thiocarbonyl (C=S) groups is 1. The molecule has 2 aromatic carbocycles. The lowest BCUT2D eigenvalue weighted by Gasteiger charge is -2.32. The SMILES string of the molecule is N#CCc1ccc(NC(=S)NC2(c3ccccc3)CCCC2)cc1. The third kappa shape index (κ3) is 3.74. The molecular formula is C20H21N3S. The van der Waals surface area contributed by atoms with Gasteiger partial charge in [-0.05, 0) is 48.3 Å². The maximum Gasteiger partial charge on any atom is 0.171 e. The minimum atomic E-state index is -0.0634. The summed E-state index contributed by atoms with van der Waals surface area (Å²) in [5, 5.41) is 16.2. The molecule has 2 aromatic rings. The van der Waals surface area contributed by atoms with E-state index in [9.17, 15) is 0 Å². The van der Waals surface area contributed by atoms with Crippen molar-refractivity contribution in [2.75, 3.05) is 5.32 Å². The van der Waals surface area contributed by atoms with Gasteiger partial charge in [-0.25, -0.2) is 0 Å². The van der Waals surface area contributed by atoms with Crippen molar-refractivity contribution in [1.82, 2.24) is 5.32 Å². The summed E-state index contributed by atoms with van der Waals surface area (Å²) < 4.78 is 0. The first-order valence-electron chi connectivity index (χ1n) is 8.32. The van der Waals surface area contributed by atoms with Crippen LogP contribution < -0.4 is 10.6 Å². The van der Waals surface area contributed by atoms with Crippen LogP contribution in [-0.4, -0.2) is 5.11 Å². The van der Waals surface area contributed by atoms with Gasteiger partial charge in [-0.15, -0.1) is 0 Å². The summed E-state index contributed by atoms with van der Waals surface area (Å²) in [5.74, 6) is 0. The van der Waals surface area contributed by atoms with Crippen molar-refractivity contribution in [2.24, 2.45) is 0 Å². The molecule has 1 saturated carbocycles. The highest BCUT2D eigenvalue weighted by atomic mass is 32.1. The first-order valence-corrected chi connectivity index (χ1v) is 8.73. The van der Waals surface area contributed by atoms with Gasteiger partial charge in [-0.2, -0.15) is 5.26 Å². The molecule has 0 aromatic heterocycles. The molecule has 3 rings (SSSR count). The lowest BCUT2D eigenvalue weighted by Crippen LogP contribution is -2.45. The van der Waals surface area contributed by atoms with Gasteiger partial charge in [0.05, 0.1) is 18.0 Å². The Morgan fingerprint density at radius 2 is 1.71 bits per heavy atom. The maximum atomic E-state index is 8.73. The van der Waals surface area contributed by atoms with E-state index in [4.69, 9.17) is 17.5 Å². The molecule has 0 saturated heterocycles. The Morgan fingerprint density at radius 1 is 1.04 bits per heavy atom. The van der Waals surface area contributed by atoms with Gasteiger partial charge in [0.15, 0.2) is 5.11 Å². The van der Waals surface area contributed by atoms with Crippen LogP contribution in [0.15, 0.2) is 54.6 Å². The molecule has 122 valence electrons. The van der Waals surface area contributed by atoms with E-state index in [1.54, 1.807) is 0 Å². The van der Waals surface area contributed by atoms with Crippen LogP contribution in [0.25, 0.3) is 0 Å². The second-order valence-electron chi connectivity index (χ2n) is 6.27. The fourth-order valence-corrected chi connectivity index (χ4v) is 3.71. The normalized spacial score (nSPS) is 15.5. The highest BCUT2D eigenvalue weighted by Gasteiger charge is 2.35. The van der Waals surface area contributed by atoms with Crippen molar-refractivity contribution in [1.29, 1.82) is 5.26 Å². The van der Waals surface area contributed by atoms with Crippen LogP contribution in [0.3, 0.4) is 0 Å². The van der Waals surface area contributed by atoms with Gasteiger partial charge in [0.1, 0.15) is 0 Å². The number of benzene rings is 2. The Hall–Kier alpha value is -2.38. The van der Waals surface area contributed by atoms with E-state index in [0.717, 1.165) is 24.1 Å². The molecule has 3 nitrogen and oxygen atoms in total. The molecule has 0 radical (unpaired) electrons. The molecule has 2 N–H and O–H groups in total. The van der Waals surface area contributed by atoms with Gasteiger partial charge in [-0.3, -0.25) is 0 Å². The van der Waals surface area contributed by atoms with Crippen molar-refractivity contribution in [3.63, 3.8) is 0 Å². The Morgan fingerprint density at radius 3 is 2.33 bits per heavy atom. The zero-order chi connectivity index (χ0) is 16.8. The molecule has 0 atom stereocenters. The van der Waals surface area contributed by atoms with E-state index in [2.05, 4.69) is 41.0 Å². The lowest BCUT2D eigenvalue weighted by atomic mass is 9.88. The molecule has 0 amide bonds. The van der Waals surface area contributed by atoms with Gasteiger partial charge in [0, 0.05) is 5.69 Å². The lowest BCUT2D eigenvalue weighted by molar-refractivity contribution is 0.408. The van der Waals surface area contributed by atoms with Crippen LogP contribution in [0.4, 0.5) is 5.69 Å². The predicted molar refractivity (Wildman–Crippen MR) is 102 cm³/mol. The van der Waals surface area contributed by atoms with Gasteiger partial charge >= 0.3 is 0 Å². The van der Waals surface area contributed by atoms with Crippen molar-refractivity contribution in [3.05, 3.63) is 65.7 Å². The summed E-state index contributed by atoms with van der Waals surface area (Å²) >= 11 is 5.55. The summed E-state index contributed by atoms with van der Waals surface area (Å²) in [6, 6.07) is 20.6. The van der Waals surface area contributed by atoms with Gasteiger partial charge in [0.25, 0.3) is 0 Å². The number of anilines is 1. The molecule has 0 aliphatic heterocycles. The number of rotatable bonds is 4. The van der Waals surface area contributed by atoms with Crippen LogP contribution in [-0.2, 0) is 12.0 Å². The summed E-state index contributed by atoms with van der Waals surface area (Å²) in [6.45, 7) is 0. The molecule has 0 heterocycles. The zero-order valence-corrected chi connectivity index (χ0v) is 14.4. The molecule has 1 aliphatic carbocycles. The number of nitrogens with zero attached hydrogens (tertiary/aromatic N) is 1. The van der Waals surface area contributed by atoms with Crippen molar-refractivity contribution in [2.45, 2.75) is 37.6 Å². The second-order valence-corrected chi connectivity index (χ2v) is 6.67. The summed E-state index contributed by atoms with van der Waals surface area (Å²) in [4.78, 5) is 0. The Bertz CT molecular complexity index is 726. The van der Waals surface area contributed by atoms with Gasteiger partial charge < -0.3 is 10.6 Å². The number of nitrogens with one attached hydrogen (secondary N) is 2. The van der Waals surface area contributed by atoms with Crippen LogP contribution >= 0.6 is 12.2 Å². The van der Waals surface area contributed by atoms with Gasteiger partial charge in [-0.1, -0.05) is 55.3 Å². The molecule has 0 spiro atoms. The highest BCUT2D eigenvalue weighted by Crippen LogP contribution is 2.38. The van der Waals surface area contributed by atoms with Crippen LogP contribution in [0.1, 0.15) is 36.8 Å². The molecule has 0 unspecified atom stereocenters. The second kappa shape index (κ2) is 7.46. The fourth-order valence-electron chi connectivity index (χ4n) is 3.40. The predicted octanol–water partition coefficient (Wildman–Crippen LogP) is 4.51. The van der Waals surface area contributed by atoms with E-state index in [0.29, 0.717) is 11.5 Å². The van der Waals surface area contributed by atoms with Gasteiger partial charge in [0.2, 0.25) is 0 Å². The summed E-state index contributed by atoms with van der Waals surface area (Å²) in [7, 11) is 0. The Kier molecular flexibility index (Phi) is 5.12. The number of hydrogen-bond acceptors (Lipinski definition) is 2. The summed E-state index contributed by atoms with van der Waals surface area (Å²) in [6.07, 6.45) is 5.06. The van der Waals surface area contributed by atoms with Crippen LogP contribution in [0.2, 0.25) is 0 Å². The zero-order valence-electron chi connectivity index (χ0n) is 13.6. The minimum absolute atomic E-state index is 0.0634. The third-order valence-electron chi connectivity index (χ3n) is 4.63. The van der Waals surface area contributed by atoms with E-state index < -0.39 is 0 Å². The smallest absolute Gasteiger partial charge is 0.171 e. The Labute approximate surface area is 148 Å². The average Bonchev–Trinajstić information content (AvgIpc) is 3.07. The van der Waals surface area contributed by atoms with Crippen molar-refractivity contribution >= 4 is 23.0 Å². The quantitative estimate of drug-likeness (QED) is 0.807. The fraction of sp³-hybridized carbons (Fsp3) is 0.300. The number of nitriles is 1. The largest absolute Gasteiger partial charge is 0.353 e. The standard InChI is InChI=1S/C20H21N3S/c21-15-12-16-8-10-18(11-9-16)22-19(24)23-20(13-4-5-14-20)17-6-2-1-3-7-17/h1-3,6-11H,4-5,12-14H2,(H2,22,23,24). The maximum absolute atomic E-state index is 8.73. The molecule has 1 aliphatic rings. The monoisotopic (exact) mass is 335 g/mol. The van der Waals surface area contributed by atoms with Crippen molar-refractivity contribution in [3.8, 4) is 6.07 Å². The average molecular weight is 335 g/mol. The Balaban J connectivity index is 1.69. The van der Waals surface area contributed by atoms with E-state index in [-0.39, 0.29) is 5.54 Å². The first kappa shape index (κ1) is 16.5. The third-order valence-corrected chi connectivity index (χ3v) is 4.84. The van der Waals surface area contributed by atoms with Crippen LogP contribution in [0, 0.1) is 11.3 Å². The van der Waals surface area contributed by atoms with E-state index in [1.165, 1.54) is 18.4 Å². The van der Waals surface area contributed by atoms with Crippen molar-refractivity contribution < 1.29 is 0 Å². The molecule has 24 heavy (non-hydrogen) atoms. The number of hydrogen-bond donors (Lipinski definition) is 2. The van der Waals surface area contributed by atoms with E-state index >= 15 is 0 Å². The van der Waals surface area contributed by atoms with Crippen LogP contribution in [0.5, 0.6) is 0 Å².